The normalized spacial score (nSPS) is 17.9. The first-order chi connectivity index (χ1) is 11.8. The Balaban J connectivity index is 2.03. The summed E-state index contributed by atoms with van der Waals surface area (Å²) in [6.07, 6.45) is 1.14. The van der Waals surface area contributed by atoms with Gasteiger partial charge in [0.25, 0.3) is 0 Å². The zero-order valence-corrected chi connectivity index (χ0v) is 16.3. The van der Waals surface area contributed by atoms with Crippen LogP contribution in [-0.4, -0.2) is 56.5 Å². The van der Waals surface area contributed by atoms with E-state index in [1.807, 2.05) is 31.2 Å². The highest BCUT2D eigenvalue weighted by Crippen LogP contribution is 2.30. The van der Waals surface area contributed by atoms with E-state index in [0.717, 1.165) is 11.3 Å². The van der Waals surface area contributed by atoms with Crippen LogP contribution in [0.5, 0.6) is 5.75 Å². The van der Waals surface area contributed by atoms with Gasteiger partial charge < -0.3 is 9.64 Å². The number of nitrogens with zero attached hydrogens (tertiary/aromatic N) is 2. The lowest BCUT2D eigenvalue weighted by Crippen LogP contribution is -2.44. The number of sulfonamides is 1. The molecule has 1 amide bonds. The highest BCUT2D eigenvalue weighted by atomic mass is 32.2. The van der Waals surface area contributed by atoms with Crippen LogP contribution in [0.1, 0.15) is 38.3 Å². The molecule has 6 nitrogen and oxygen atoms in total. The molecule has 1 heterocycles. The zero-order valence-electron chi connectivity index (χ0n) is 15.4. The minimum absolute atomic E-state index is 0.0620. The summed E-state index contributed by atoms with van der Waals surface area (Å²) >= 11 is 0. The molecule has 140 valence electrons. The van der Waals surface area contributed by atoms with Gasteiger partial charge in [-0.3, -0.25) is 4.79 Å². The number of amides is 1. The van der Waals surface area contributed by atoms with Gasteiger partial charge in [0.2, 0.25) is 15.9 Å². The second-order valence-corrected chi connectivity index (χ2v) is 8.70. The van der Waals surface area contributed by atoms with Gasteiger partial charge in [0.05, 0.1) is 18.9 Å². The molecule has 1 aliphatic heterocycles. The number of rotatable bonds is 6. The number of carbonyl (C=O) groups excluding carboxylic acids is 1. The summed E-state index contributed by atoms with van der Waals surface area (Å²) in [4.78, 5) is 14.6. The van der Waals surface area contributed by atoms with Crippen LogP contribution in [0.15, 0.2) is 24.3 Å². The van der Waals surface area contributed by atoms with Crippen LogP contribution in [0.4, 0.5) is 0 Å². The fourth-order valence-corrected chi connectivity index (χ4v) is 4.39. The summed E-state index contributed by atoms with van der Waals surface area (Å²) in [6.45, 7) is 4.47. The fourth-order valence-electron chi connectivity index (χ4n) is 3.26. The lowest BCUT2D eigenvalue weighted by atomic mass is 9.95. The maximum atomic E-state index is 12.9. The van der Waals surface area contributed by atoms with Gasteiger partial charge in [0.15, 0.2) is 0 Å². The van der Waals surface area contributed by atoms with Gasteiger partial charge in [-0.25, -0.2) is 12.7 Å². The van der Waals surface area contributed by atoms with Gasteiger partial charge in [0, 0.05) is 31.6 Å². The van der Waals surface area contributed by atoms with Crippen molar-refractivity contribution < 1.29 is 17.9 Å². The third-order valence-corrected chi connectivity index (χ3v) is 6.96. The molecule has 25 heavy (non-hydrogen) atoms. The number of piperidine rings is 1. The van der Waals surface area contributed by atoms with Crippen LogP contribution >= 0.6 is 0 Å². The van der Waals surface area contributed by atoms with Crippen LogP contribution in [0.3, 0.4) is 0 Å². The molecule has 1 saturated heterocycles. The molecule has 0 saturated carbocycles. The molecule has 0 unspecified atom stereocenters. The van der Waals surface area contributed by atoms with Crippen molar-refractivity contribution >= 4 is 15.9 Å². The second-order valence-electron chi connectivity index (χ2n) is 6.44. The Morgan fingerprint density at radius 1 is 1.32 bits per heavy atom. The van der Waals surface area contributed by atoms with Gasteiger partial charge in [-0.05, 0) is 32.8 Å². The first-order valence-electron chi connectivity index (χ1n) is 8.69. The highest BCUT2D eigenvalue weighted by Gasteiger charge is 2.33. The van der Waals surface area contributed by atoms with Crippen LogP contribution in [0.25, 0.3) is 0 Å². The standard InChI is InChI=1S/C18H28N2O4S/c1-5-25(22,23)20-12-10-15(11-13-20)18(21)19(3)14(2)16-8-6-7-9-17(16)24-4/h6-9,14-15H,5,10-13H2,1-4H3/t14-/m1/s1. The van der Waals surface area contributed by atoms with E-state index >= 15 is 0 Å². The van der Waals surface area contributed by atoms with Gasteiger partial charge in [-0.2, -0.15) is 0 Å². The van der Waals surface area contributed by atoms with E-state index in [2.05, 4.69) is 0 Å². The zero-order chi connectivity index (χ0) is 18.6. The van der Waals surface area contributed by atoms with E-state index in [9.17, 15) is 13.2 Å². The predicted octanol–water partition coefficient (Wildman–Crippen LogP) is 2.28. The SMILES string of the molecule is CCS(=O)(=O)N1CCC(C(=O)N(C)[C@H](C)c2ccccc2OC)CC1. The van der Waals surface area contributed by atoms with Crippen LogP contribution < -0.4 is 4.74 Å². The van der Waals surface area contributed by atoms with Gasteiger partial charge in [-0.15, -0.1) is 0 Å². The summed E-state index contributed by atoms with van der Waals surface area (Å²) in [6, 6.07) is 7.57. The lowest BCUT2D eigenvalue weighted by Gasteiger charge is -2.34. The molecule has 0 N–H and O–H groups in total. The van der Waals surface area contributed by atoms with Crippen LogP contribution in [0, 0.1) is 5.92 Å². The Hall–Kier alpha value is -1.60. The molecule has 1 atom stereocenters. The van der Waals surface area contributed by atoms with Gasteiger partial charge in [0.1, 0.15) is 5.75 Å². The number of carbonyl (C=O) groups is 1. The third-order valence-electron chi connectivity index (χ3n) is 5.08. The summed E-state index contributed by atoms with van der Waals surface area (Å²) < 4.78 is 30.8. The van der Waals surface area contributed by atoms with Crippen molar-refractivity contribution in [2.24, 2.45) is 5.92 Å². The number of methoxy groups -OCH3 is 1. The number of ether oxygens (including phenoxy) is 1. The topological polar surface area (TPSA) is 66.9 Å². The van der Waals surface area contributed by atoms with E-state index in [-0.39, 0.29) is 23.6 Å². The average Bonchev–Trinajstić information content (AvgIpc) is 2.66. The fraction of sp³-hybridized carbons (Fsp3) is 0.611. The maximum Gasteiger partial charge on any atom is 0.226 e. The molecule has 1 aromatic carbocycles. The Labute approximate surface area is 150 Å². The van der Waals surface area contributed by atoms with Crippen molar-refractivity contribution in [3.05, 3.63) is 29.8 Å². The average molecular weight is 368 g/mol. The van der Waals surface area contributed by atoms with E-state index in [0.29, 0.717) is 25.9 Å². The summed E-state index contributed by atoms with van der Waals surface area (Å²) in [5.74, 6) is 0.798. The molecular formula is C18H28N2O4S. The Bertz CT molecular complexity index is 697. The van der Waals surface area contributed by atoms with Gasteiger partial charge in [-0.1, -0.05) is 18.2 Å². The van der Waals surface area contributed by atoms with Crippen LogP contribution in [-0.2, 0) is 14.8 Å². The summed E-state index contributed by atoms with van der Waals surface area (Å²) in [7, 11) is 0.255. The van der Waals surface area contributed by atoms with Gasteiger partial charge >= 0.3 is 0 Å². The van der Waals surface area contributed by atoms with Crippen molar-refractivity contribution in [1.29, 1.82) is 0 Å². The molecule has 0 spiro atoms. The minimum Gasteiger partial charge on any atom is -0.496 e. The maximum absolute atomic E-state index is 12.9. The smallest absolute Gasteiger partial charge is 0.226 e. The van der Waals surface area contributed by atoms with Crippen LogP contribution in [0.2, 0.25) is 0 Å². The van der Waals surface area contributed by atoms with Crippen molar-refractivity contribution in [3.8, 4) is 5.75 Å². The molecule has 0 aromatic heterocycles. The number of para-hydroxylation sites is 1. The molecule has 0 aliphatic carbocycles. The second kappa shape index (κ2) is 8.19. The number of benzene rings is 1. The van der Waals surface area contributed by atoms with Crippen molar-refractivity contribution in [2.75, 3.05) is 33.0 Å². The Morgan fingerprint density at radius 2 is 1.92 bits per heavy atom. The van der Waals surface area contributed by atoms with Crippen molar-refractivity contribution in [2.45, 2.75) is 32.7 Å². The monoisotopic (exact) mass is 368 g/mol. The first-order valence-corrected chi connectivity index (χ1v) is 10.3. The molecule has 1 aromatic rings. The molecule has 0 bridgehead atoms. The molecule has 2 rings (SSSR count). The van der Waals surface area contributed by atoms with E-state index in [1.54, 1.807) is 26.0 Å². The Kier molecular flexibility index (Phi) is 6.46. The van der Waals surface area contributed by atoms with E-state index in [4.69, 9.17) is 4.74 Å². The quantitative estimate of drug-likeness (QED) is 0.773. The largest absolute Gasteiger partial charge is 0.496 e. The summed E-state index contributed by atoms with van der Waals surface area (Å²) in [5.41, 5.74) is 0.965. The lowest BCUT2D eigenvalue weighted by molar-refractivity contribution is -0.137. The Morgan fingerprint density at radius 3 is 2.48 bits per heavy atom. The molecular weight excluding hydrogens is 340 g/mol. The first kappa shape index (κ1) is 19.7. The van der Waals surface area contributed by atoms with Crippen molar-refractivity contribution in [1.82, 2.24) is 9.21 Å². The highest BCUT2D eigenvalue weighted by molar-refractivity contribution is 7.89. The van der Waals surface area contributed by atoms with E-state index < -0.39 is 10.0 Å². The molecule has 1 fully saturated rings. The molecule has 1 aliphatic rings. The molecule has 7 heteroatoms. The van der Waals surface area contributed by atoms with Crippen molar-refractivity contribution in [3.63, 3.8) is 0 Å². The predicted molar refractivity (Wildman–Crippen MR) is 97.9 cm³/mol. The summed E-state index contributed by atoms with van der Waals surface area (Å²) in [5, 5.41) is 0. The third kappa shape index (κ3) is 4.33. The minimum atomic E-state index is -3.17. The number of hydrogen-bond acceptors (Lipinski definition) is 4. The van der Waals surface area contributed by atoms with E-state index in [1.165, 1.54) is 4.31 Å². The number of hydrogen-bond donors (Lipinski definition) is 0. The molecule has 0 radical (unpaired) electrons.